The first-order chi connectivity index (χ1) is 16.1. The fraction of sp³-hybridized carbons (Fsp3) is 0.0741. The summed E-state index contributed by atoms with van der Waals surface area (Å²) in [5.74, 6) is 0.641. The molecule has 4 nitrogen and oxygen atoms in total. The van der Waals surface area contributed by atoms with E-state index in [1.807, 2.05) is 84.9 Å². The lowest BCUT2D eigenvalue weighted by atomic mass is 10.0. The van der Waals surface area contributed by atoms with E-state index >= 15 is 0 Å². The number of benzene rings is 4. The summed E-state index contributed by atoms with van der Waals surface area (Å²) in [5.41, 5.74) is 4.09. The molecule has 4 aromatic rings. The highest BCUT2D eigenvalue weighted by Crippen LogP contribution is 2.37. The molecule has 1 amide bonds. The van der Waals surface area contributed by atoms with Crippen LogP contribution < -0.4 is 15.0 Å². The SMILES string of the molecule is O=C1c2ccccc2N[C@@H](c2cccc(OCc3ccc(Cl)c(Cl)c3)c2)N1c1ccccc1. The predicted molar refractivity (Wildman–Crippen MR) is 133 cm³/mol. The standard InChI is InChI=1S/C27H20Cl2N2O2/c28-23-14-13-18(15-24(23)29)17-33-21-10-6-7-19(16-21)26-30-25-12-5-4-11-22(25)27(32)31(26)20-8-2-1-3-9-20/h1-16,26,30H,17H2/t26-/m1/s1. The number of carbonyl (C=O) groups excluding carboxylic acids is 1. The van der Waals surface area contributed by atoms with E-state index in [1.165, 1.54) is 0 Å². The zero-order chi connectivity index (χ0) is 22.8. The Morgan fingerprint density at radius 3 is 2.42 bits per heavy atom. The van der Waals surface area contributed by atoms with Crippen LogP contribution in [0, 0.1) is 0 Å². The monoisotopic (exact) mass is 474 g/mol. The van der Waals surface area contributed by atoms with Crippen molar-refractivity contribution >= 4 is 40.5 Å². The van der Waals surface area contributed by atoms with Crippen molar-refractivity contribution < 1.29 is 9.53 Å². The lowest BCUT2D eigenvalue weighted by Gasteiger charge is -2.38. The summed E-state index contributed by atoms with van der Waals surface area (Å²) >= 11 is 12.1. The van der Waals surface area contributed by atoms with Gasteiger partial charge in [0.05, 0.1) is 15.6 Å². The molecule has 4 aromatic carbocycles. The molecule has 164 valence electrons. The molecule has 1 heterocycles. The summed E-state index contributed by atoms with van der Waals surface area (Å²) < 4.78 is 6.02. The first-order valence-electron chi connectivity index (χ1n) is 10.5. The fourth-order valence-corrected chi connectivity index (χ4v) is 4.23. The summed E-state index contributed by atoms with van der Waals surface area (Å²) in [6.07, 6.45) is -0.386. The molecule has 0 unspecified atom stereocenters. The summed E-state index contributed by atoms with van der Waals surface area (Å²) in [5, 5.41) is 4.53. The minimum Gasteiger partial charge on any atom is -0.489 e. The number of amides is 1. The lowest BCUT2D eigenvalue weighted by molar-refractivity contribution is 0.0975. The van der Waals surface area contributed by atoms with Crippen LogP contribution in [0.15, 0.2) is 97.1 Å². The maximum absolute atomic E-state index is 13.5. The number of hydrogen-bond donors (Lipinski definition) is 1. The molecule has 5 rings (SSSR count). The smallest absolute Gasteiger partial charge is 0.262 e. The summed E-state index contributed by atoms with van der Waals surface area (Å²) in [6.45, 7) is 0.350. The maximum Gasteiger partial charge on any atom is 0.262 e. The number of anilines is 2. The quantitative estimate of drug-likeness (QED) is 0.328. The first kappa shape index (κ1) is 21.4. The van der Waals surface area contributed by atoms with Gasteiger partial charge in [0.15, 0.2) is 0 Å². The molecule has 0 spiro atoms. The van der Waals surface area contributed by atoms with Gasteiger partial charge < -0.3 is 10.1 Å². The highest BCUT2D eigenvalue weighted by molar-refractivity contribution is 6.42. The fourth-order valence-electron chi connectivity index (χ4n) is 3.91. The Bertz CT molecular complexity index is 1310. The van der Waals surface area contributed by atoms with Gasteiger partial charge in [-0.2, -0.15) is 0 Å². The number of halogens is 2. The van der Waals surface area contributed by atoms with Gasteiger partial charge in [-0.1, -0.05) is 71.7 Å². The number of nitrogens with zero attached hydrogens (tertiary/aromatic N) is 1. The third-order valence-electron chi connectivity index (χ3n) is 5.52. The third-order valence-corrected chi connectivity index (χ3v) is 6.26. The van der Waals surface area contributed by atoms with Crippen LogP contribution in [0.3, 0.4) is 0 Å². The van der Waals surface area contributed by atoms with Crippen molar-refractivity contribution in [2.24, 2.45) is 0 Å². The second kappa shape index (κ2) is 9.18. The Morgan fingerprint density at radius 1 is 0.818 bits per heavy atom. The second-order valence-electron chi connectivity index (χ2n) is 7.71. The van der Waals surface area contributed by atoms with Gasteiger partial charge in [-0.15, -0.1) is 0 Å². The minimum atomic E-state index is -0.386. The van der Waals surface area contributed by atoms with E-state index < -0.39 is 0 Å². The lowest BCUT2D eigenvalue weighted by Crippen LogP contribution is -2.43. The molecular formula is C27H20Cl2N2O2. The number of ether oxygens (including phenoxy) is 1. The van der Waals surface area contributed by atoms with Crippen molar-refractivity contribution in [2.45, 2.75) is 12.8 Å². The van der Waals surface area contributed by atoms with Crippen molar-refractivity contribution in [1.82, 2.24) is 0 Å². The molecule has 0 saturated carbocycles. The molecule has 1 atom stereocenters. The van der Waals surface area contributed by atoms with Crippen LogP contribution in [0.5, 0.6) is 5.75 Å². The van der Waals surface area contributed by atoms with Crippen LogP contribution in [0.4, 0.5) is 11.4 Å². The largest absolute Gasteiger partial charge is 0.489 e. The van der Waals surface area contributed by atoms with E-state index in [4.69, 9.17) is 27.9 Å². The molecule has 0 bridgehead atoms. The molecular weight excluding hydrogens is 455 g/mol. The zero-order valence-electron chi connectivity index (χ0n) is 17.5. The number of para-hydroxylation sites is 2. The Labute approximate surface area is 202 Å². The van der Waals surface area contributed by atoms with E-state index in [1.54, 1.807) is 17.0 Å². The normalized spacial score (nSPS) is 15.0. The van der Waals surface area contributed by atoms with Gasteiger partial charge in [-0.05, 0) is 59.7 Å². The van der Waals surface area contributed by atoms with Crippen molar-refractivity contribution in [3.63, 3.8) is 0 Å². The van der Waals surface area contributed by atoms with Crippen LogP contribution >= 0.6 is 23.2 Å². The Morgan fingerprint density at radius 2 is 1.61 bits per heavy atom. The molecule has 1 N–H and O–H groups in total. The first-order valence-corrected chi connectivity index (χ1v) is 11.3. The third kappa shape index (κ3) is 4.40. The Hall–Kier alpha value is -3.47. The van der Waals surface area contributed by atoms with Gasteiger partial charge in [0.25, 0.3) is 5.91 Å². The van der Waals surface area contributed by atoms with Gasteiger partial charge in [-0.3, -0.25) is 9.69 Å². The predicted octanol–water partition coefficient (Wildman–Crippen LogP) is 7.34. The highest BCUT2D eigenvalue weighted by atomic mass is 35.5. The Kier molecular flexibility index (Phi) is 5.95. The van der Waals surface area contributed by atoms with E-state index in [-0.39, 0.29) is 12.1 Å². The van der Waals surface area contributed by atoms with E-state index in [0.29, 0.717) is 28.0 Å². The summed E-state index contributed by atoms with van der Waals surface area (Å²) in [7, 11) is 0. The van der Waals surface area contributed by atoms with E-state index in [0.717, 1.165) is 22.5 Å². The summed E-state index contributed by atoms with van der Waals surface area (Å²) in [6, 6.07) is 30.4. The molecule has 0 saturated heterocycles. The van der Waals surface area contributed by atoms with Gasteiger partial charge >= 0.3 is 0 Å². The molecule has 6 heteroatoms. The van der Waals surface area contributed by atoms with Gasteiger partial charge in [0, 0.05) is 11.4 Å². The second-order valence-corrected chi connectivity index (χ2v) is 8.53. The number of carbonyl (C=O) groups is 1. The van der Waals surface area contributed by atoms with Crippen LogP contribution in [-0.2, 0) is 6.61 Å². The van der Waals surface area contributed by atoms with Crippen molar-refractivity contribution in [1.29, 1.82) is 0 Å². The van der Waals surface area contributed by atoms with Crippen molar-refractivity contribution in [2.75, 3.05) is 10.2 Å². The summed E-state index contributed by atoms with van der Waals surface area (Å²) in [4.78, 5) is 15.3. The molecule has 0 radical (unpaired) electrons. The minimum absolute atomic E-state index is 0.0531. The van der Waals surface area contributed by atoms with Gasteiger partial charge in [0.1, 0.15) is 18.5 Å². The average molecular weight is 475 g/mol. The average Bonchev–Trinajstić information content (AvgIpc) is 2.85. The molecule has 0 aromatic heterocycles. The molecule has 1 aliphatic heterocycles. The Balaban J connectivity index is 1.46. The molecule has 0 aliphatic carbocycles. The molecule has 1 aliphatic rings. The molecule has 33 heavy (non-hydrogen) atoms. The van der Waals surface area contributed by atoms with E-state index in [9.17, 15) is 4.79 Å². The van der Waals surface area contributed by atoms with Crippen LogP contribution in [0.25, 0.3) is 0 Å². The highest BCUT2D eigenvalue weighted by Gasteiger charge is 2.34. The van der Waals surface area contributed by atoms with Crippen LogP contribution in [0.1, 0.15) is 27.7 Å². The van der Waals surface area contributed by atoms with E-state index in [2.05, 4.69) is 5.32 Å². The van der Waals surface area contributed by atoms with Crippen molar-refractivity contribution in [3.8, 4) is 5.75 Å². The number of fused-ring (bicyclic) bond motifs is 1. The van der Waals surface area contributed by atoms with Crippen LogP contribution in [-0.4, -0.2) is 5.91 Å². The number of hydrogen-bond acceptors (Lipinski definition) is 3. The maximum atomic E-state index is 13.5. The molecule has 0 fully saturated rings. The van der Waals surface area contributed by atoms with Crippen LogP contribution in [0.2, 0.25) is 10.0 Å². The zero-order valence-corrected chi connectivity index (χ0v) is 19.1. The van der Waals surface area contributed by atoms with Crippen molar-refractivity contribution in [3.05, 3.63) is 124 Å². The topological polar surface area (TPSA) is 41.6 Å². The number of nitrogens with one attached hydrogen (secondary N) is 1. The number of rotatable bonds is 5. The van der Waals surface area contributed by atoms with Gasteiger partial charge in [-0.25, -0.2) is 0 Å². The van der Waals surface area contributed by atoms with Gasteiger partial charge in [0.2, 0.25) is 0 Å².